The molecule has 0 aromatic heterocycles. The minimum atomic E-state index is -0.0245. The lowest BCUT2D eigenvalue weighted by Gasteiger charge is -2.35. The topological polar surface area (TPSA) is 49.3 Å². The smallest absolute Gasteiger partial charge is 0.163 e. The first-order chi connectivity index (χ1) is 12.7. The van der Waals surface area contributed by atoms with Crippen molar-refractivity contribution in [1.82, 2.24) is 0 Å². The van der Waals surface area contributed by atoms with E-state index in [1.807, 2.05) is 24.3 Å². The monoisotopic (exact) mass is 341 g/mol. The van der Waals surface area contributed by atoms with E-state index in [1.54, 1.807) is 12.1 Å². The fraction of sp³-hybridized carbons (Fsp3) is 0.174. The summed E-state index contributed by atoms with van der Waals surface area (Å²) in [5.41, 5.74) is 5.18. The van der Waals surface area contributed by atoms with Gasteiger partial charge in [-0.3, -0.25) is 4.79 Å². The Hall–Kier alpha value is -3.07. The molecule has 0 spiro atoms. The molecule has 0 radical (unpaired) electrons. The number of fused-ring (bicyclic) bond motifs is 3. The molecule has 3 nitrogen and oxygen atoms in total. The first-order valence-electron chi connectivity index (χ1n) is 9.05. The summed E-state index contributed by atoms with van der Waals surface area (Å²) in [4.78, 5) is 12.8. The number of allylic oxidation sites excluding steroid dienone is 1. The van der Waals surface area contributed by atoms with Gasteiger partial charge in [-0.15, -0.1) is 0 Å². The molecule has 0 amide bonds. The number of hydrogen-bond acceptors (Lipinski definition) is 3. The lowest BCUT2D eigenvalue weighted by atomic mass is 9.77. The maximum absolute atomic E-state index is 12.8. The third kappa shape index (κ3) is 2.31. The molecule has 128 valence electrons. The minimum Gasteiger partial charge on any atom is -0.508 e. The Morgan fingerprint density at radius 2 is 1.65 bits per heavy atom. The zero-order valence-electron chi connectivity index (χ0n) is 14.3. The number of benzene rings is 3. The Morgan fingerprint density at radius 1 is 0.923 bits per heavy atom. The Balaban J connectivity index is 1.74. The zero-order valence-corrected chi connectivity index (χ0v) is 14.3. The van der Waals surface area contributed by atoms with Crippen molar-refractivity contribution in [3.8, 4) is 5.75 Å². The van der Waals surface area contributed by atoms with Crippen LogP contribution in [0.1, 0.15) is 36.4 Å². The number of Topliss-reactive ketones (excluding diaryl/α,β-unsaturated/α-hetero) is 1. The summed E-state index contributed by atoms with van der Waals surface area (Å²) in [6, 6.07) is 19.8. The maximum atomic E-state index is 12.8. The van der Waals surface area contributed by atoms with Crippen molar-refractivity contribution in [2.24, 2.45) is 0 Å². The number of nitrogens with one attached hydrogen (secondary N) is 1. The summed E-state index contributed by atoms with van der Waals surface area (Å²) in [6.07, 6.45) is 2.44. The fourth-order valence-electron chi connectivity index (χ4n) is 4.24. The second kappa shape index (κ2) is 5.73. The number of aromatic hydroxyl groups is 1. The van der Waals surface area contributed by atoms with Crippen LogP contribution in [-0.2, 0) is 4.79 Å². The van der Waals surface area contributed by atoms with Gasteiger partial charge in [-0.2, -0.15) is 0 Å². The third-order valence-corrected chi connectivity index (χ3v) is 5.48. The molecule has 2 aliphatic rings. The van der Waals surface area contributed by atoms with Gasteiger partial charge in [0, 0.05) is 23.2 Å². The molecule has 0 unspecified atom stereocenters. The van der Waals surface area contributed by atoms with Crippen molar-refractivity contribution < 1.29 is 9.90 Å². The van der Waals surface area contributed by atoms with E-state index in [-0.39, 0.29) is 17.6 Å². The van der Waals surface area contributed by atoms with Gasteiger partial charge in [-0.25, -0.2) is 0 Å². The van der Waals surface area contributed by atoms with E-state index in [0.29, 0.717) is 6.42 Å². The SMILES string of the molecule is O=C1CCCC2=C1c1cc3ccccc3cc1N[C@@H]2c1ccc(O)cc1. The molecule has 1 heterocycles. The Morgan fingerprint density at radius 3 is 2.42 bits per heavy atom. The van der Waals surface area contributed by atoms with Crippen LogP contribution in [0.4, 0.5) is 5.69 Å². The van der Waals surface area contributed by atoms with Gasteiger partial charge >= 0.3 is 0 Å². The predicted octanol–water partition coefficient (Wildman–Crippen LogP) is 5.22. The number of carbonyl (C=O) groups excluding carboxylic acids is 1. The largest absolute Gasteiger partial charge is 0.508 e. The van der Waals surface area contributed by atoms with Crippen LogP contribution >= 0.6 is 0 Å². The molecular formula is C23H19NO2. The van der Waals surface area contributed by atoms with Crippen molar-refractivity contribution in [3.05, 3.63) is 77.4 Å². The minimum absolute atomic E-state index is 0.0245. The number of carbonyl (C=O) groups is 1. The number of ketones is 1. The molecule has 3 aromatic rings. The summed E-state index contributed by atoms with van der Waals surface area (Å²) < 4.78 is 0. The molecule has 3 heteroatoms. The van der Waals surface area contributed by atoms with Crippen LogP contribution in [0.5, 0.6) is 5.75 Å². The average molecular weight is 341 g/mol. The zero-order chi connectivity index (χ0) is 17.7. The summed E-state index contributed by atoms with van der Waals surface area (Å²) in [5.74, 6) is 0.498. The molecule has 3 aromatic carbocycles. The molecule has 0 saturated carbocycles. The Kier molecular flexibility index (Phi) is 3.35. The summed E-state index contributed by atoms with van der Waals surface area (Å²) in [7, 11) is 0. The molecule has 1 aliphatic heterocycles. The van der Waals surface area contributed by atoms with Gasteiger partial charge in [0.2, 0.25) is 0 Å². The van der Waals surface area contributed by atoms with Crippen molar-refractivity contribution in [2.45, 2.75) is 25.3 Å². The molecule has 1 aliphatic carbocycles. The number of anilines is 1. The van der Waals surface area contributed by atoms with Crippen LogP contribution in [0, 0.1) is 0 Å². The van der Waals surface area contributed by atoms with Crippen molar-refractivity contribution in [3.63, 3.8) is 0 Å². The summed E-state index contributed by atoms with van der Waals surface area (Å²) in [5, 5.41) is 15.6. The van der Waals surface area contributed by atoms with Crippen molar-refractivity contribution in [1.29, 1.82) is 0 Å². The highest BCUT2D eigenvalue weighted by Crippen LogP contribution is 2.46. The molecule has 0 fully saturated rings. The molecular weight excluding hydrogens is 322 g/mol. The van der Waals surface area contributed by atoms with Crippen LogP contribution in [0.15, 0.2) is 66.2 Å². The Labute approximate surface area is 152 Å². The number of phenols is 1. The van der Waals surface area contributed by atoms with Crippen LogP contribution in [-0.4, -0.2) is 10.9 Å². The van der Waals surface area contributed by atoms with E-state index < -0.39 is 0 Å². The third-order valence-electron chi connectivity index (χ3n) is 5.48. The Bertz CT molecular complexity index is 1060. The van der Waals surface area contributed by atoms with Gasteiger partial charge in [0.25, 0.3) is 0 Å². The predicted molar refractivity (Wildman–Crippen MR) is 104 cm³/mol. The number of hydrogen-bond donors (Lipinski definition) is 2. The second-order valence-corrected chi connectivity index (χ2v) is 7.09. The number of rotatable bonds is 1. The molecule has 2 N–H and O–H groups in total. The highest BCUT2D eigenvalue weighted by molar-refractivity contribution is 6.25. The van der Waals surface area contributed by atoms with Gasteiger partial charge in [-0.1, -0.05) is 36.4 Å². The lowest BCUT2D eigenvalue weighted by Crippen LogP contribution is -2.25. The standard InChI is InChI=1S/C23H19NO2/c25-17-10-8-14(9-11-17)23-18-6-3-7-21(26)22(18)19-12-15-4-1-2-5-16(15)13-20(19)24-23/h1-2,4-5,8-13,23-25H,3,6-7H2/t23-/m1/s1. The number of phenolic OH excluding ortho intramolecular Hbond substituents is 1. The van der Waals surface area contributed by atoms with Crippen molar-refractivity contribution in [2.75, 3.05) is 5.32 Å². The first-order valence-corrected chi connectivity index (χ1v) is 9.05. The van der Waals surface area contributed by atoms with E-state index in [9.17, 15) is 9.90 Å². The average Bonchev–Trinajstić information content (AvgIpc) is 2.66. The van der Waals surface area contributed by atoms with Crippen molar-refractivity contribution >= 4 is 27.8 Å². The fourth-order valence-corrected chi connectivity index (χ4v) is 4.24. The summed E-state index contributed by atoms with van der Waals surface area (Å²) >= 11 is 0. The normalized spacial score (nSPS) is 19.1. The van der Waals surface area contributed by atoms with Gasteiger partial charge in [0.15, 0.2) is 5.78 Å². The van der Waals surface area contributed by atoms with Gasteiger partial charge in [0.05, 0.1) is 6.04 Å². The molecule has 26 heavy (non-hydrogen) atoms. The van der Waals surface area contributed by atoms with Crippen LogP contribution in [0.2, 0.25) is 0 Å². The molecule has 0 bridgehead atoms. The quantitative estimate of drug-likeness (QED) is 0.638. The van der Waals surface area contributed by atoms with E-state index in [4.69, 9.17) is 0 Å². The van der Waals surface area contributed by atoms with Gasteiger partial charge in [-0.05, 0) is 59.0 Å². The second-order valence-electron chi connectivity index (χ2n) is 7.09. The highest BCUT2D eigenvalue weighted by Gasteiger charge is 2.33. The van der Waals surface area contributed by atoms with Gasteiger partial charge < -0.3 is 10.4 Å². The van der Waals surface area contributed by atoms with E-state index in [2.05, 4.69) is 29.6 Å². The lowest BCUT2D eigenvalue weighted by molar-refractivity contribution is -0.114. The van der Waals surface area contributed by atoms with Crippen LogP contribution < -0.4 is 5.32 Å². The van der Waals surface area contributed by atoms with E-state index >= 15 is 0 Å². The van der Waals surface area contributed by atoms with Gasteiger partial charge in [0.1, 0.15) is 5.75 Å². The molecule has 1 atom stereocenters. The highest BCUT2D eigenvalue weighted by atomic mass is 16.3. The maximum Gasteiger partial charge on any atom is 0.163 e. The summed E-state index contributed by atoms with van der Waals surface area (Å²) in [6.45, 7) is 0. The van der Waals surface area contributed by atoms with Crippen LogP contribution in [0.25, 0.3) is 16.3 Å². The molecule has 5 rings (SSSR count). The first kappa shape index (κ1) is 15.2. The van der Waals surface area contributed by atoms with Crippen LogP contribution in [0.3, 0.4) is 0 Å². The van der Waals surface area contributed by atoms with E-state index in [0.717, 1.165) is 46.0 Å². The molecule has 0 saturated heterocycles. The van der Waals surface area contributed by atoms with E-state index in [1.165, 1.54) is 5.57 Å².